The number of amides is 1. The Balaban J connectivity index is 2.16. The van der Waals surface area contributed by atoms with Crippen molar-refractivity contribution in [1.29, 1.82) is 5.26 Å². The Morgan fingerprint density at radius 3 is 2.50 bits per heavy atom. The van der Waals surface area contributed by atoms with E-state index in [9.17, 15) is 22.8 Å². The first-order valence-corrected chi connectivity index (χ1v) is 10.3. The molecule has 1 heterocycles. The van der Waals surface area contributed by atoms with E-state index in [4.69, 9.17) is 10.00 Å². The summed E-state index contributed by atoms with van der Waals surface area (Å²) in [5.41, 5.74) is -0.00333. The van der Waals surface area contributed by atoms with Gasteiger partial charge in [0.15, 0.2) is 0 Å². The Morgan fingerprint density at radius 2 is 1.88 bits per heavy atom. The fourth-order valence-electron chi connectivity index (χ4n) is 3.51. The third kappa shape index (κ3) is 5.53. The van der Waals surface area contributed by atoms with Gasteiger partial charge in [-0.25, -0.2) is 0 Å². The molecule has 0 aliphatic rings. The summed E-state index contributed by atoms with van der Waals surface area (Å²) in [4.78, 5) is 26.0. The minimum Gasteiger partial charge on any atom is -0.383 e. The third-order valence-electron chi connectivity index (χ3n) is 5.30. The average Bonchev–Trinajstić information content (AvgIpc) is 2.81. The van der Waals surface area contributed by atoms with Gasteiger partial charge in [0.25, 0.3) is 5.91 Å². The number of benzene rings is 2. The number of alkyl halides is 3. The zero-order valence-corrected chi connectivity index (χ0v) is 18.6. The minimum absolute atomic E-state index is 0.0131. The first-order valence-electron chi connectivity index (χ1n) is 10.3. The molecule has 0 spiro atoms. The van der Waals surface area contributed by atoms with Gasteiger partial charge >= 0.3 is 6.18 Å². The Kier molecular flexibility index (Phi) is 7.54. The van der Waals surface area contributed by atoms with Gasteiger partial charge in [-0.05, 0) is 42.3 Å². The summed E-state index contributed by atoms with van der Waals surface area (Å²) in [5, 5.41) is 11.6. The number of carbonyl (C=O) groups is 1. The van der Waals surface area contributed by atoms with Crippen molar-refractivity contribution in [3.63, 3.8) is 0 Å². The maximum Gasteiger partial charge on any atom is 0.416 e. The van der Waals surface area contributed by atoms with Crippen molar-refractivity contribution in [2.24, 2.45) is 0 Å². The van der Waals surface area contributed by atoms with E-state index in [-0.39, 0.29) is 36.4 Å². The molecule has 34 heavy (non-hydrogen) atoms. The summed E-state index contributed by atoms with van der Waals surface area (Å²) in [7, 11) is 1.47. The molecule has 3 rings (SSSR count). The zero-order valence-electron chi connectivity index (χ0n) is 18.6. The molecule has 1 N–H and O–H groups in total. The van der Waals surface area contributed by atoms with Crippen LogP contribution in [0.1, 0.15) is 32.7 Å². The van der Waals surface area contributed by atoms with Gasteiger partial charge in [-0.2, -0.15) is 18.4 Å². The lowest BCUT2D eigenvalue weighted by atomic mass is 9.98. The van der Waals surface area contributed by atoms with E-state index in [1.807, 2.05) is 6.07 Å². The van der Waals surface area contributed by atoms with E-state index < -0.39 is 23.1 Å². The number of ether oxygens (including phenoxy) is 1. The largest absolute Gasteiger partial charge is 0.416 e. The Hall–Kier alpha value is -3.90. The minimum atomic E-state index is -4.58. The van der Waals surface area contributed by atoms with Crippen LogP contribution in [0, 0.1) is 18.3 Å². The lowest BCUT2D eigenvalue weighted by Crippen LogP contribution is -2.33. The third-order valence-corrected chi connectivity index (χ3v) is 5.30. The number of carbonyl (C=O) groups excluding carboxylic acids is 1. The van der Waals surface area contributed by atoms with E-state index in [2.05, 4.69) is 5.32 Å². The normalized spacial score (nSPS) is 11.2. The van der Waals surface area contributed by atoms with Crippen molar-refractivity contribution in [1.82, 2.24) is 9.88 Å². The van der Waals surface area contributed by atoms with Crippen molar-refractivity contribution in [3.8, 4) is 17.2 Å². The number of nitrogens with one attached hydrogen (secondary N) is 1. The lowest BCUT2D eigenvalue weighted by Gasteiger charge is -2.18. The number of pyridine rings is 1. The summed E-state index contributed by atoms with van der Waals surface area (Å²) in [6.07, 6.45) is -3.18. The van der Waals surface area contributed by atoms with Crippen LogP contribution in [0.3, 0.4) is 0 Å². The molecule has 2 aromatic carbocycles. The summed E-state index contributed by atoms with van der Waals surface area (Å²) in [6, 6.07) is 13.3. The molecule has 0 atom stereocenters. The van der Waals surface area contributed by atoms with Gasteiger partial charge in [0.2, 0.25) is 5.43 Å². The molecule has 0 radical (unpaired) electrons. The number of hydrogen-bond donors (Lipinski definition) is 1. The van der Waals surface area contributed by atoms with Crippen LogP contribution in [0.4, 0.5) is 13.2 Å². The van der Waals surface area contributed by atoms with Gasteiger partial charge in [0.05, 0.1) is 23.8 Å². The van der Waals surface area contributed by atoms with E-state index in [1.165, 1.54) is 25.4 Å². The SMILES string of the molecule is COCCNC(=O)c1cn(Cc2ccc(C#N)cc2)c(C)c(-c2cccc(C(F)(F)F)c2)c1=O. The highest BCUT2D eigenvalue weighted by molar-refractivity contribution is 5.95. The summed E-state index contributed by atoms with van der Waals surface area (Å²) in [6.45, 7) is 2.25. The highest BCUT2D eigenvalue weighted by Gasteiger charge is 2.31. The number of nitriles is 1. The molecular weight excluding hydrogens is 447 g/mol. The fraction of sp³-hybridized carbons (Fsp3) is 0.240. The number of aromatic nitrogens is 1. The predicted molar refractivity (Wildman–Crippen MR) is 120 cm³/mol. The zero-order chi connectivity index (χ0) is 24.9. The Morgan fingerprint density at radius 1 is 1.18 bits per heavy atom. The van der Waals surface area contributed by atoms with Crippen molar-refractivity contribution in [3.05, 3.63) is 92.9 Å². The number of methoxy groups -OCH3 is 1. The molecule has 9 heteroatoms. The quantitative estimate of drug-likeness (QED) is 0.527. The van der Waals surface area contributed by atoms with Crippen LogP contribution >= 0.6 is 0 Å². The molecule has 0 aliphatic heterocycles. The molecule has 0 bridgehead atoms. The summed E-state index contributed by atoms with van der Waals surface area (Å²) < 4.78 is 46.5. The number of halogens is 3. The molecule has 0 unspecified atom stereocenters. The molecule has 0 saturated heterocycles. The van der Waals surface area contributed by atoms with Crippen molar-refractivity contribution < 1.29 is 22.7 Å². The van der Waals surface area contributed by atoms with Crippen LogP contribution in [0.2, 0.25) is 0 Å². The first kappa shape index (κ1) is 24.7. The van der Waals surface area contributed by atoms with Crippen LogP contribution < -0.4 is 10.7 Å². The Labute approximate surface area is 194 Å². The van der Waals surface area contributed by atoms with Gasteiger partial charge in [-0.15, -0.1) is 0 Å². The van der Waals surface area contributed by atoms with Crippen LogP contribution in [-0.2, 0) is 17.5 Å². The molecule has 3 aromatic rings. The van der Waals surface area contributed by atoms with Crippen LogP contribution in [0.15, 0.2) is 59.5 Å². The van der Waals surface area contributed by atoms with Crippen molar-refractivity contribution in [2.75, 3.05) is 20.3 Å². The standard InChI is InChI=1S/C25H22F3N3O3/c1-16-22(19-4-3-5-20(12-19)25(26,27)28)23(32)21(24(33)30-10-11-34-2)15-31(16)14-18-8-6-17(13-29)7-9-18/h3-9,12,15H,10-11,14H2,1-2H3,(H,30,33). The van der Waals surface area contributed by atoms with E-state index in [1.54, 1.807) is 35.8 Å². The van der Waals surface area contributed by atoms with Crippen molar-refractivity contribution in [2.45, 2.75) is 19.6 Å². The van der Waals surface area contributed by atoms with Crippen LogP contribution in [0.25, 0.3) is 11.1 Å². The molecule has 1 aromatic heterocycles. The summed E-state index contributed by atoms with van der Waals surface area (Å²) >= 11 is 0. The molecule has 0 fully saturated rings. The maximum absolute atomic E-state index is 13.3. The number of hydrogen-bond acceptors (Lipinski definition) is 4. The van der Waals surface area contributed by atoms with Crippen molar-refractivity contribution >= 4 is 5.91 Å². The molecule has 6 nitrogen and oxygen atoms in total. The van der Waals surface area contributed by atoms with E-state index >= 15 is 0 Å². The second-order valence-electron chi connectivity index (χ2n) is 7.60. The highest BCUT2D eigenvalue weighted by atomic mass is 19.4. The van der Waals surface area contributed by atoms with Gasteiger partial charge < -0.3 is 14.6 Å². The number of rotatable bonds is 7. The second-order valence-corrected chi connectivity index (χ2v) is 7.60. The molecule has 1 amide bonds. The smallest absolute Gasteiger partial charge is 0.383 e. The van der Waals surface area contributed by atoms with E-state index in [0.717, 1.165) is 17.7 Å². The monoisotopic (exact) mass is 469 g/mol. The molecule has 0 aliphatic carbocycles. The van der Waals surface area contributed by atoms with Gasteiger partial charge in [-0.1, -0.05) is 24.3 Å². The average molecular weight is 469 g/mol. The van der Waals surface area contributed by atoms with Gasteiger partial charge in [0, 0.05) is 37.7 Å². The van der Waals surface area contributed by atoms with Gasteiger partial charge in [0.1, 0.15) is 5.56 Å². The van der Waals surface area contributed by atoms with E-state index in [0.29, 0.717) is 11.3 Å². The highest BCUT2D eigenvalue weighted by Crippen LogP contribution is 2.32. The lowest BCUT2D eigenvalue weighted by molar-refractivity contribution is -0.137. The topological polar surface area (TPSA) is 84.1 Å². The van der Waals surface area contributed by atoms with Crippen LogP contribution in [0.5, 0.6) is 0 Å². The van der Waals surface area contributed by atoms with Gasteiger partial charge in [-0.3, -0.25) is 9.59 Å². The number of nitrogens with zero attached hydrogens (tertiary/aromatic N) is 2. The molecule has 176 valence electrons. The fourth-order valence-corrected chi connectivity index (χ4v) is 3.51. The summed E-state index contributed by atoms with van der Waals surface area (Å²) in [5.74, 6) is -0.649. The first-order chi connectivity index (χ1) is 16.2. The van der Waals surface area contributed by atoms with Crippen LogP contribution in [-0.4, -0.2) is 30.7 Å². The predicted octanol–water partition coefficient (Wildman–Crippen LogP) is 4.14. The molecule has 0 saturated carbocycles. The Bertz CT molecular complexity index is 1290. The molecular formula is C25H22F3N3O3. The second kappa shape index (κ2) is 10.4. The maximum atomic E-state index is 13.3.